The number of unbranched alkanes of at least 4 members (excludes halogenated alkanes) is 1. The number of rotatable bonds is 4. The number of hydrogen-bond donors (Lipinski definition) is 1. The molecule has 1 fully saturated rings. The van der Waals surface area contributed by atoms with E-state index in [-0.39, 0.29) is 5.94 Å². The molecule has 1 N–H and O–H groups in total. The lowest BCUT2D eigenvalue weighted by atomic mass is 9.74. The van der Waals surface area contributed by atoms with Gasteiger partial charge in [0.1, 0.15) is 0 Å². The minimum atomic E-state index is -0.912. The number of nitrogens with zero attached hydrogens (tertiary/aromatic N) is 1. The maximum Gasteiger partial charge on any atom is 0.486 e. The van der Waals surface area contributed by atoms with Crippen LogP contribution in [0.1, 0.15) is 60.3 Å². The Labute approximate surface area is 133 Å². The van der Waals surface area contributed by atoms with Crippen LogP contribution >= 0.6 is 0 Å². The molecule has 2 aliphatic heterocycles. The van der Waals surface area contributed by atoms with E-state index in [1.165, 1.54) is 10.5 Å². The van der Waals surface area contributed by atoms with Crippen LogP contribution in [0.15, 0.2) is 11.6 Å². The number of amides is 1. The average Bonchev–Trinajstić information content (AvgIpc) is 2.64. The number of hydrogen-bond acceptors (Lipinski definition) is 3. The molecule has 124 valence electrons. The van der Waals surface area contributed by atoms with E-state index in [0.717, 1.165) is 25.7 Å². The molecule has 0 bridgehead atoms. The smallest absolute Gasteiger partial charge is 0.465 e. The molecule has 1 amide bonds. The van der Waals surface area contributed by atoms with Gasteiger partial charge in [0.25, 0.3) is 0 Å². The van der Waals surface area contributed by atoms with E-state index in [1.54, 1.807) is 0 Å². The minimum absolute atomic E-state index is 0.362. The third kappa shape index (κ3) is 3.33. The Morgan fingerprint density at radius 2 is 1.95 bits per heavy atom. The van der Waals surface area contributed by atoms with Gasteiger partial charge in [0.2, 0.25) is 0 Å². The van der Waals surface area contributed by atoms with Gasteiger partial charge in [0.15, 0.2) is 0 Å². The van der Waals surface area contributed by atoms with Crippen molar-refractivity contribution < 1.29 is 19.2 Å². The Morgan fingerprint density at radius 3 is 2.45 bits per heavy atom. The Morgan fingerprint density at radius 1 is 1.36 bits per heavy atom. The van der Waals surface area contributed by atoms with Crippen molar-refractivity contribution in [2.45, 2.75) is 77.4 Å². The zero-order valence-electron chi connectivity index (χ0n) is 14.4. The number of carboxylic acid groups (broad SMARTS) is 1. The molecule has 1 saturated heterocycles. The molecule has 1 unspecified atom stereocenters. The zero-order valence-corrected chi connectivity index (χ0v) is 14.4. The summed E-state index contributed by atoms with van der Waals surface area (Å²) in [6.45, 7) is 10.6. The highest BCUT2D eigenvalue weighted by molar-refractivity contribution is 6.48. The van der Waals surface area contributed by atoms with Crippen LogP contribution in [0, 0.1) is 0 Å². The lowest BCUT2D eigenvalue weighted by Gasteiger charge is -2.33. The minimum Gasteiger partial charge on any atom is -0.465 e. The summed E-state index contributed by atoms with van der Waals surface area (Å²) in [4.78, 5) is 13.0. The molecule has 0 radical (unpaired) electrons. The van der Waals surface area contributed by atoms with Crippen molar-refractivity contribution in [3.63, 3.8) is 0 Å². The second-order valence-electron chi connectivity index (χ2n) is 7.27. The van der Waals surface area contributed by atoms with Crippen LogP contribution in [-0.4, -0.2) is 46.9 Å². The van der Waals surface area contributed by atoms with Gasteiger partial charge in [0, 0.05) is 6.54 Å². The highest BCUT2D eigenvalue weighted by Gasteiger charge is 2.55. The van der Waals surface area contributed by atoms with E-state index in [1.807, 2.05) is 27.7 Å². The van der Waals surface area contributed by atoms with Gasteiger partial charge in [-0.05, 0) is 47.0 Å². The second kappa shape index (κ2) is 6.24. The van der Waals surface area contributed by atoms with E-state index in [2.05, 4.69) is 13.0 Å². The fraction of sp³-hybridized carbons (Fsp3) is 0.812. The molecule has 0 aromatic carbocycles. The molecular weight excluding hydrogens is 281 g/mol. The predicted molar refractivity (Wildman–Crippen MR) is 86.8 cm³/mol. The molecule has 2 heterocycles. The van der Waals surface area contributed by atoms with E-state index in [0.29, 0.717) is 6.54 Å². The summed E-state index contributed by atoms with van der Waals surface area (Å²) in [5.74, 6) is -0.362. The SMILES string of the molecule is CCCCC1=CC(B2OC(C)(C)C(C)(C)O2)N(C(=O)O)CC1. The molecule has 5 nitrogen and oxygen atoms in total. The van der Waals surface area contributed by atoms with Crippen molar-refractivity contribution in [3.05, 3.63) is 11.6 Å². The van der Waals surface area contributed by atoms with Crippen molar-refractivity contribution in [3.8, 4) is 0 Å². The first kappa shape index (κ1) is 17.4. The predicted octanol–water partition coefficient (Wildman–Crippen LogP) is 3.49. The maximum atomic E-state index is 11.6. The zero-order chi connectivity index (χ0) is 16.5. The molecule has 1 atom stereocenters. The molecule has 6 heteroatoms. The lowest BCUT2D eigenvalue weighted by Crippen LogP contribution is -2.51. The summed E-state index contributed by atoms with van der Waals surface area (Å²) in [5, 5.41) is 9.48. The third-order valence-corrected chi connectivity index (χ3v) is 5.09. The summed E-state index contributed by atoms with van der Waals surface area (Å²) in [7, 11) is -0.543. The van der Waals surface area contributed by atoms with Gasteiger partial charge in [0.05, 0.1) is 17.1 Å². The Balaban J connectivity index is 2.21. The van der Waals surface area contributed by atoms with Crippen molar-refractivity contribution in [1.29, 1.82) is 0 Å². The van der Waals surface area contributed by atoms with Crippen molar-refractivity contribution >= 4 is 13.2 Å². The summed E-state index contributed by atoms with van der Waals surface area (Å²) < 4.78 is 12.1. The highest BCUT2D eigenvalue weighted by Crippen LogP contribution is 2.39. The molecule has 0 aromatic heterocycles. The highest BCUT2D eigenvalue weighted by atomic mass is 16.7. The number of carbonyl (C=O) groups is 1. The molecular formula is C16H28BNO4. The fourth-order valence-corrected chi connectivity index (χ4v) is 2.92. The monoisotopic (exact) mass is 309 g/mol. The van der Waals surface area contributed by atoms with Gasteiger partial charge in [-0.25, -0.2) is 4.79 Å². The Bertz CT molecular complexity index is 445. The third-order valence-electron chi connectivity index (χ3n) is 5.09. The van der Waals surface area contributed by atoms with E-state index in [4.69, 9.17) is 9.31 Å². The average molecular weight is 309 g/mol. The van der Waals surface area contributed by atoms with Crippen molar-refractivity contribution in [2.24, 2.45) is 0 Å². The summed E-state index contributed by atoms with van der Waals surface area (Å²) in [6, 6.07) is 0. The lowest BCUT2D eigenvalue weighted by molar-refractivity contribution is 0.00578. The molecule has 0 spiro atoms. The molecule has 0 aliphatic carbocycles. The fourth-order valence-electron chi connectivity index (χ4n) is 2.92. The Kier molecular flexibility index (Phi) is 4.92. The van der Waals surface area contributed by atoms with Crippen LogP contribution in [0.2, 0.25) is 0 Å². The normalized spacial score (nSPS) is 27.0. The van der Waals surface area contributed by atoms with Gasteiger partial charge in [-0.3, -0.25) is 0 Å². The largest absolute Gasteiger partial charge is 0.486 e. The van der Waals surface area contributed by atoms with Gasteiger partial charge >= 0.3 is 13.2 Å². The molecule has 22 heavy (non-hydrogen) atoms. The summed E-state index contributed by atoms with van der Waals surface area (Å²) in [6.07, 6.45) is 5.25. The molecule has 0 aromatic rings. The van der Waals surface area contributed by atoms with Crippen LogP contribution in [0.4, 0.5) is 4.79 Å². The summed E-state index contributed by atoms with van der Waals surface area (Å²) >= 11 is 0. The first-order valence-corrected chi connectivity index (χ1v) is 8.22. The first-order valence-electron chi connectivity index (χ1n) is 8.22. The maximum absolute atomic E-state index is 11.6. The van der Waals surface area contributed by atoms with Crippen LogP contribution in [-0.2, 0) is 9.31 Å². The van der Waals surface area contributed by atoms with Crippen molar-refractivity contribution in [1.82, 2.24) is 4.90 Å². The van der Waals surface area contributed by atoms with Crippen LogP contribution in [0.5, 0.6) is 0 Å². The van der Waals surface area contributed by atoms with Gasteiger partial charge < -0.3 is 19.3 Å². The molecule has 2 aliphatic rings. The topological polar surface area (TPSA) is 59.0 Å². The van der Waals surface area contributed by atoms with Gasteiger partial charge in [-0.1, -0.05) is 25.0 Å². The van der Waals surface area contributed by atoms with Crippen LogP contribution in [0.3, 0.4) is 0 Å². The van der Waals surface area contributed by atoms with Gasteiger partial charge in [-0.15, -0.1) is 0 Å². The van der Waals surface area contributed by atoms with Gasteiger partial charge in [-0.2, -0.15) is 0 Å². The van der Waals surface area contributed by atoms with Crippen LogP contribution in [0.25, 0.3) is 0 Å². The second-order valence-corrected chi connectivity index (χ2v) is 7.27. The van der Waals surface area contributed by atoms with Crippen molar-refractivity contribution in [2.75, 3.05) is 6.54 Å². The standard InChI is InChI=1S/C16H28BNO4/c1-6-7-8-12-9-10-18(14(19)20)13(11-12)17-21-15(2,3)16(4,5)22-17/h11,13H,6-10H2,1-5H3,(H,19,20). The van der Waals surface area contributed by atoms with E-state index >= 15 is 0 Å². The Hall–Kier alpha value is -1.01. The summed E-state index contributed by atoms with van der Waals surface area (Å²) in [5.41, 5.74) is 0.423. The first-order chi connectivity index (χ1) is 10.2. The van der Waals surface area contributed by atoms with Crippen LogP contribution < -0.4 is 0 Å². The quantitative estimate of drug-likeness (QED) is 0.638. The van der Waals surface area contributed by atoms with E-state index < -0.39 is 24.4 Å². The van der Waals surface area contributed by atoms with E-state index in [9.17, 15) is 9.90 Å². The molecule has 0 saturated carbocycles. The molecule has 2 rings (SSSR count).